The maximum Gasteiger partial charge on any atom is 0.146 e. The van der Waals surface area contributed by atoms with E-state index in [1.54, 1.807) is 0 Å². The molecule has 1 aromatic rings. The van der Waals surface area contributed by atoms with Crippen LogP contribution in [0.15, 0.2) is 0 Å². The second kappa shape index (κ2) is 4.04. The van der Waals surface area contributed by atoms with E-state index >= 15 is 0 Å². The fraction of sp³-hybridized carbons (Fsp3) is 0.714. The second-order valence-electron chi connectivity index (χ2n) is 2.54. The highest BCUT2D eigenvalue weighted by Crippen LogP contribution is 2.06. The molecule has 1 aromatic heterocycles. The number of nitrogens with zero attached hydrogens (tertiary/aromatic N) is 3. The molecule has 1 heterocycles. The molecule has 0 spiro atoms. The molecule has 3 nitrogen and oxygen atoms in total. The number of unbranched alkanes of at least 4 members (excludes halogenated alkanes) is 1. The molecule has 0 saturated carbocycles. The Bertz CT molecular complexity index is 232. The summed E-state index contributed by atoms with van der Waals surface area (Å²) in [6.07, 6.45) is 2.39. The number of rotatable bonds is 3. The molecule has 62 valence electrons. The van der Waals surface area contributed by atoms with Gasteiger partial charge in [-0.15, -0.1) is 5.10 Å². The van der Waals surface area contributed by atoms with Gasteiger partial charge >= 0.3 is 0 Å². The lowest BCUT2D eigenvalue weighted by molar-refractivity contribution is 0.542. The van der Waals surface area contributed by atoms with Crippen LogP contribution in [0.5, 0.6) is 0 Å². The van der Waals surface area contributed by atoms with Crippen molar-refractivity contribution in [3.63, 3.8) is 0 Å². The van der Waals surface area contributed by atoms with E-state index in [9.17, 15) is 0 Å². The molecular weight excluding hydrogens is 253 g/mol. The molecular formula is C7H12IN3. The Kier molecular flexibility index (Phi) is 3.29. The maximum atomic E-state index is 4.01. The van der Waals surface area contributed by atoms with Gasteiger partial charge in [0.15, 0.2) is 0 Å². The lowest BCUT2D eigenvalue weighted by Crippen LogP contribution is -2.02. The average molecular weight is 265 g/mol. The Labute approximate surface area is 80.3 Å². The van der Waals surface area contributed by atoms with Crippen LogP contribution in [-0.2, 0) is 6.54 Å². The summed E-state index contributed by atoms with van der Waals surface area (Å²) in [5, 5.41) is 7.98. The van der Waals surface area contributed by atoms with Crippen LogP contribution in [0.3, 0.4) is 0 Å². The summed E-state index contributed by atoms with van der Waals surface area (Å²) in [5.41, 5.74) is 1.18. The quantitative estimate of drug-likeness (QED) is 0.782. The van der Waals surface area contributed by atoms with Crippen molar-refractivity contribution < 1.29 is 0 Å². The van der Waals surface area contributed by atoms with Gasteiger partial charge in [-0.1, -0.05) is 18.6 Å². The van der Waals surface area contributed by atoms with Gasteiger partial charge in [0, 0.05) is 6.54 Å². The molecule has 4 heteroatoms. The lowest BCUT2D eigenvalue weighted by Gasteiger charge is -1.99. The number of halogens is 1. The third kappa shape index (κ3) is 2.15. The first-order valence-electron chi connectivity index (χ1n) is 3.81. The SMILES string of the molecule is CCCCn1nnc(I)c1C. The summed E-state index contributed by atoms with van der Waals surface area (Å²) in [5.74, 6) is 0. The van der Waals surface area contributed by atoms with Crippen molar-refractivity contribution in [3.8, 4) is 0 Å². The molecule has 0 N–H and O–H groups in total. The normalized spacial score (nSPS) is 10.5. The van der Waals surface area contributed by atoms with Crippen LogP contribution in [0.1, 0.15) is 25.5 Å². The van der Waals surface area contributed by atoms with Gasteiger partial charge in [0.05, 0.1) is 5.69 Å². The smallest absolute Gasteiger partial charge is 0.146 e. The van der Waals surface area contributed by atoms with E-state index in [4.69, 9.17) is 0 Å². The number of aryl methyl sites for hydroxylation is 1. The highest BCUT2D eigenvalue weighted by molar-refractivity contribution is 14.1. The number of hydrogen-bond acceptors (Lipinski definition) is 2. The van der Waals surface area contributed by atoms with Gasteiger partial charge in [-0.3, -0.25) is 0 Å². The lowest BCUT2D eigenvalue weighted by atomic mass is 10.3. The summed E-state index contributed by atoms with van der Waals surface area (Å²) in [6, 6.07) is 0. The Balaban J connectivity index is 2.63. The van der Waals surface area contributed by atoms with Crippen LogP contribution < -0.4 is 0 Å². The van der Waals surface area contributed by atoms with Crippen molar-refractivity contribution in [3.05, 3.63) is 9.39 Å². The zero-order valence-corrected chi connectivity index (χ0v) is 9.00. The highest BCUT2D eigenvalue weighted by atomic mass is 127. The zero-order valence-electron chi connectivity index (χ0n) is 6.84. The van der Waals surface area contributed by atoms with Gasteiger partial charge in [0.2, 0.25) is 0 Å². The van der Waals surface area contributed by atoms with Gasteiger partial charge in [-0.05, 0) is 35.9 Å². The van der Waals surface area contributed by atoms with Crippen molar-refractivity contribution in [1.29, 1.82) is 0 Å². The summed E-state index contributed by atoms with van der Waals surface area (Å²) in [7, 11) is 0. The van der Waals surface area contributed by atoms with E-state index in [2.05, 4.69) is 46.8 Å². The molecule has 0 bridgehead atoms. The first-order chi connectivity index (χ1) is 5.25. The van der Waals surface area contributed by atoms with Crippen LogP contribution in [0, 0.1) is 10.6 Å². The molecule has 0 aliphatic carbocycles. The van der Waals surface area contributed by atoms with Crippen LogP contribution in [0.4, 0.5) is 0 Å². The molecule has 0 aliphatic heterocycles. The molecule has 0 amide bonds. The Hall–Kier alpha value is -0.130. The molecule has 0 aromatic carbocycles. The molecule has 0 atom stereocenters. The standard InChI is InChI=1S/C7H12IN3/c1-3-4-5-11-6(2)7(8)9-10-11/h3-5H2,1-2H3. The van der Waals surface area contributed by atoms with E-state index in [-0.39, 0.29) is 0 Å². The minimum Gasteiger partial charge on any atom is -0.249 e. The predicted octanol–water partition coefficient (Wildman–Crippen LogP) is 1.99. The van der Waals surface area contributed by atoms with Crippen molar-refractivity contribution in [2.45, 2.75) is 33.2 Å². The second-order valence-corrected chi connectivity index (χ2v) is 3.56. The number of hydrogen-bond donors (Lipinski definition) is 0. The predicted molar refractivity (Wildman–Crippen MR) is 52.4 cm³/mol. The monoisotopic (exact) mass is 265 g/mol. The molecule has 0 radical (unpaired) electrons. The fourth-order valence-corrected chi connectivity index (χ4v) is 1.23. The minimum absolute atomic E-state index is 0.998. The summed E-state index contributed by atoms with van der Waals surface area (Å²) in [6.45, 7) is 5.23. The van der Waals surface area contributed by atoms with E-state index in [1.807, 2.05) is 4.68 Å². The van der Waals surface area contributed by atoms with Crippen LogP contribution in [-0.4, -0.2) is 15.0 Å². The maximum absolute atomic E-state index is 4.01. The van der Waals surface area contributed by atoms with Gasteiger partial charge in [0.25, 0.3) is 0 Å². The zero-order chi connectivity index (χ0) is 8.27. The third-order valence-corrected chi connectivity index (χ3v) is 2.65. The third-order valence-electron chi connectivity index (χ3n) is 1.65. The van der Waals surface area contributed by atoms with E-state index < -0.39 is 0 Å². The highest BCUT2D eigenvalue weighted by Gasteiger charge is 2.02. The van der Waals surface area contributed by atoms with Crippen LogP contribution >= 0.6 is 22.6 Å². The van der Waals surface area contributed by atoms with Crippen molar-refractivity contribution in [2.75, 3.05) is 0 Å². The van der Waals surface area contributed by atoms with Crippen molar-refractivity contribution >= 4 is 22.6 Å². The first kappa shape index (κ1) is 8.96. The van der Waals surface area contributed by atoms with Crippen molar-refractivity contribution in [1.82, 2.24) is 15.0 Å². The Morgan fingerprint density at radius 3 is 2.73 bits per heavy atom. The molecule has 0 unspecified atom stereocenters. The molecule has 1 rings (SSSR count). The molecule has 0 saturated heterocycles. The van der Waals surface area contributed by atoms with Gasteiger partial charge in [0.1, 0.15) is 3.70 Å². The van der Waals surface area contributed by atoms with Crippen LogP contribution in [0.2, 0.25) is 0 Å². The Morgan fingerprint density at radius 2 is 2.27 bits per heavy atom. The molecule has 0 fully saturated rings. The minimum atomic E-state index is 0.998. The van der Waals surface area contributed by atoms with E-state index in [0.717, 1.165) is 10.2 Å². The molecule has 0 aliphatic rings. The summed E-state index contributed by atoms with van der Waals surface area (Å²) >= 11 is 2.20. The Morgan fingerprint density at radius 1 is 1.55 bits per heavy atom. The topological polar surface area (TPSA) is 30.7 Å². The summed E-state index contributed by atoms with van der Waals surface area (Å²) < 4.78 is 2.98. The van der Waals surface area contributed by atoms with Crippen molar-refractivity contribution in [2.24, 2.45) is 0 Å². The fourth-order valence-electron chi connectivity index (χ4n) is 0.859. The van der Waals surface area contributed by atoms with Gasteiger partial charge in [-0.25, -0.2) is 4.68 Å². The van der Waals surface area contributed by atoms with Gasteiger partial charge < -0.3 is 0 Å². The summed E-state index contributed by atoms with van der Waals surface area (Å²) in [4.78, 5) is 0. The van der Waals surface area contributed by atoms with Gasteiger partial charge in [-0.2, -0.15) is 0 Å². The van der Waals surface area contributed by atoms with E-state index in [0.29, 0.717) is 0 Å². The largest absolute Gasteiger partial charge is 0.249 e. The number of aromatic nitrogens is 3. The molecule has 11 heavy (non-hydrogen) atoms. The first-order valence-corrected chi connectivity index (χ1v) is 4.89. The van der Waals surface area contributed by atoms with Crippen LogP contribution in [0.25, 0.3) is 0 Å². The van der Waals surface area contributed by atoms with E-state index in [1.165, 1.54) is 18.5 Å². The average Bonchev–Trinajstić information content (AvgIpc) is 2.31.